The fourth-order valence-electron chi connectivity index (χ4n) is 3.01. The van der Waals surface area contributed by atoms with Crippen molar-refractivity contribution in [2.75, 3.05) is 19.2 Å². The number of thioether (sulfide) groups is 2. The number of amides is 1. The molecule has 0 spiro atoms. The van der Waals surface area contributed by atoms with Crippen LogP contribution in [0.25, 0.3) is 6.08 Å². The quantitative estimate of drug-likeness (QED) is 0.544. The molecule has 31 heavy (non-hydrogen) atoms. The molecule has 0 saturated heterocycles. The zero-order chi connectivity index (χ0) is 21.2. The van der Waals surface area contributed by atoms with Crippen LogP contribution in [0, 0.1) is 5.41 Å². The van der Waals surface area contributed by atoms with Crippen molar-refractivity contribution in [3.05, 3.63) is 59.7 Å². The Kier molecular flexibility index (Phi) is 5.39. The molecule has 0 radical (unpaired) electrons. The first kappa shape index (κ1) is 19.7. The van der Waals surface area contributed by atoms with Gasteiger partial charge in [-0.3, -0.25) is 10.2 Å². The third-order valence-electron chi connectivity index (χ3n) is 4.46. The minimum Gasteiger partial charge on any atom is -0.493 e. The number of hydrazone groups is 1. The van der Waals surface area contributed by atoms with Gasteiger partial charge < -0.3 is 14.2 Å². The molecule has 8 nitrogen and oxygen atoms in total. The second kappa shape index (κ2) is 8.48. The van der Waals surface area contributed by atoms with E-state index in [1.807, 2.05) is 30.3 Å². The molecule has 0 bridgehead atoms. The van der Waals surface area contributed by atoms with Crippen molar-refractivity contribution in [2.45, 2.75) is 0 Å². The Morgan fingerprint density at radius 3 is 2.90 bits per heavy atom. The average molecular weight is 453 g/mol. The highest BCUT2D eigenvalue weighted by molar-refractivity contribution is 8.45. The molecular weight excluding hydrogens is 436 g/mol. The number of benzene rings is 2. The summed E-state index contributed by atoms with van der Waals surface area (Å²) in [5, 5.41) is 14.7. The van der Waals surface area contributed by atoms with Gasteiger partial charge in [0.15, 0.2) is 21.7 Å². The zero-order valence-electron chi connectivity index (χ0n) is 16.1. The summed E-state index contributed by atoms with van der Waals surface area (Å²) in [5.74, 6) is 2.30. The molecule has 2 aromatic rings. The summed E-state index contributed by atoms with van der Waals surface area (Å²) in [6, 6.07) is 14.9. The van der Waals surface area contributed by atoms with Gasteiger partial charge in [-0.25, -0.2) is 0 Å². The Bertz CT molecular complexity index is 1150. The summed E-state index contributed by atoms with van der Waals surface area (Å²) < 4.78 is 17.1. The fourth-order valence-corrected chi connectivity index (χ4v) is 4.82. The van der Waals surface area contributed by atoms with Crippen LogP contribution in [0.4, 0.5) is 0 Å². The highest BCUT2D eigenvalue weighted by atomic mass is 32.2. The lowest BCUT2D eigenvalue weighted by molar-refractivity contribution is -0.114. The number of nitrogens with one attached hydrogen (secondary N) is 1. The standard InChI is InChI=1S/C21H16N4O4S2/c22-18-15(10-13-6-7-16-17(11-13)29-12-28-16)19(26)23-20-25(18)24-21(31-20)30-9-8-27-14-4-2-1-3-5-14/h1-7,10-11,22H,8-9,12H2. The second-order valence-corrected chi connectivity index (χ2v) is 8.81. The first-order chi connectivity index (χ1) is 15.2. The summed E-state index contributed by atoms with van der Waals surface area (Å²) >= 11 is 2.78. The molecule has 10 heteroatoms. The van der Waals surface area contributed by atoms with E-state index < -0.39 is 5.91 Å². The number of hydrogen-bond acceptors (Lipinski definition) is 8. The van der Waals surface area contributed by atoms with Gasteiger partial charge in [-0.05, 0) is 47.7 Å². The zero-order valence-corrected chi connectivity index (χ0v) is 17.7. The third-order valence-corrected chi connectivity index (χ3v) is 6.47. The van der Waals surface area contributed by atoms with E-state index in [9.17, 15) is 4.79 Å². The molecule has 0 aromatic heterocycles. The van der Waals surface area contributed by atoms with E-state index >= 15 is 0 Å². The Morgan fingerprint density at radius 2 is 2.03 bits per heavy atom. The minimum atomic E-state index is -0.463. The fraction of sp³-hybridized carbons (Fsp3) is 0.143. The Labute approximate surface area is 186 Å². The third kappa shape index (κ3) is 4.17. The number of nitrogens with zero attached hydrogens (tertiary/aromatic N) is 3. The highest BCUT2D eigenvalue weighted by Crippen LogP contribution is 2.35. The van der Waals surface area contributed by atoms with Crippen molar-refractivity contribution in [2.24, 2.45) is 10.1 Å². The number of hydrogen-bond donors (Lipinski definition) is 1. The molecule has 0 fully saturated rings. The van der Waals surface area contributed by atoms with Crippen LogP contribution < -0.4 is 14.2 Å². The molecule has 3 aliphatic rings. The summed E-state index contributed by atoms with van der Waals surface area (Å²) in [7, 11) is 0. The first-order valence-electron chi connectivity index (χ1n) is 9.38. The molecule has 0 unspecified atom stereocenters. The molecule has 5 rings (SSSR count). The van der Waals surface area contributed by atoms with Gasteiger partial charge in [0.25, 0.3) is 5.91 Å². The average Bonchev–Trinajstić information content (AvgIpc) is 3.41. The molecule has 0 aliphatic carbocycles. The minimum absolute atomic E-state index is 0.00342. The maximum atomic E-state index is 12.5. The van der Waals surface area contributed by atoms with E-state index in [4.69, 9.17) is 19.6 Å². The molecule has 2 aromatic carbocycles. The van der Waals surface area contributed by atoms with Gasteiger partial charge in [0.2, 0.25) is 12.0 Å². The number of para-hydroxylation sites is 1. The number of rotatable bonds is 5. The lowest BCUT2D eigenvalue weighted by Crippen LogP contribution is -2.35. The van der Waals surface area contributed by atoms with E-state index in [0.29, 0.717) is 29.0 Å². The number of fused-ring (bicyclic) bond motifs is 2. The van der Waals surface area contributed by atoms with Crippen LogP contribution >= 0.6 is 23.5 Å². The summed E-state index contributed by atoms with van der Waals surface area (Å²) in [4.78, 5) is 16.7. The van der Waals surface area contributed by atoms with E-state index in [0.717, 1.165) is 15.7 Å². The van der Waals surface area contributed by atoms with Crippen molar-refractivity contribution < 1.29 is 19.0 Å². The number of carbonyl (C=O) groups excluding carboxylic acids is 1. The maximum Gasteiger partial charge on any atom is 0.283 e. The molecule has 156 valence electrons. The van der Waals surface area contributed by atoms with Gasteiger partial charge in [-0.1, -0.05) is 36.0 Å². The first-order valence-corrected chi connectivity index (χ1v) is 11.2. The van der Waals surface area contributed by atoms with E-state index in [2.05, 4.69) is 10.1 Å². The van der Waals surface area contributed by atoms with E-state index in [1.165, 1.54) is 28.5 Å². The highest BCUT2D eigenvalue weighted by Gasteiger charge is 2.35. The number of ether oxygens (including phenoxy) is 3. The Balaban J connectivity index is 1.25. The Hall–Kier alpha value is -3.24. The lowest BCUT2D eigenvalue weighted by Gasteiger charge is -2.20. The van der Waals surface area contributed by atoms with E-state index in [1.54, 1.807) is 24.3 Å². The molecule has 3 heterocycles. The van der Waals surface area contributed by atoms with Crippen molar-refractivity contribution in [3.8, 4) is 17.2 Å². The van der Waals surface area contributed by atoms with Crippen LogP contribution in [-0.4, -0.2) is 45.4 Å². The Morgan fingerprint density at radius 1 is 1.19 bits per heavy atom. The second-order valence-electron chi connectivity index (χ2n) is 6.51. The van der Waals surface area contributed by atoms with Gasteiger partial charge in [0, 0.05) is 5.75 Å². The van der Waals surface area contributed by atoms with Crippen molar-refractivity contribution in [1.82, 2.24) is 5.01 Å². The molecule has 1 N–H and O–H groups in total. The SMILES string of the molecule is N=C1C(=Cc2ccc3c(c2)OCO3)C(=O)N=C2SC(SCCOc3ccccc3)=NN12. The monoisotopic (exact) mass is 452 g/mol. The van der Waals surface area contributed by atoms with E-state index in [-0.39, 0.29) is 18.2 Å². The lowest BCUT2D eigenvalue weighted by atomic mass is 10.1. The van der Waals surface area contributed by atoms with Gasteiger partial charge in [-0.2, -0.15) is 10.0 Å². The number of carbonyl (C=O) groups is 1. The topological polar surface area (TPSA) is 96.6 Å². The number of amidine groups is 2. The predicted molar refractivity (Wildman–Crippen MR) is 122 cm³/mol. The van der Waals surface area contributed by atoms with Gasteiger partial charge in [0.05, 0.1) is 12.2 Å². The number of aliphatic imine (C=N–C) groups is 1. The molecular formula is C21H16N4O4S2. The normalized spacial score (nSPS) is 18.2. The van der Waals surface area contributed by atoms with Crippen molar-refractivity contribution in [1.29, 1.82) is 5.41 Å². The summed E-state index contributed by atoms with van der Waals surface area (Å²) in [6.07, 6.45) is 1.62. The molecule has 0 saturated carbocycles. The summed E-state index contributed by atoms with van der Waals surface area (Å²) in [5.41, 5.74) is 0.894. The van der Waals surface area contributed by atoms with Crippen molar-refractivity contribution in [3.63, 3.8) is 0 Å². The van der Waals surface area contributed by atoms with Gasteiger partial charge in [-0.15, -0.1) is 5.10 Å². The van der Waals surface area contributed by atoms with Crippen LogP contribution in [0.1, 0.15) is 5.56 Å². The van der Waals surface area contributed by atoms with Crippen LogP contribution in [0.2, 0.25) is 0 Å². The predicted octanol–water partition coefficient (Wildman–Crippen LogP) is 3.80. The molecule has 3 aliphatic heterocycles. The van der Waals surface area contributed by atoms with Crippen LogP contribution in [-0.2, 0) is 4.79 Å². The van der Waals surface area contributed by atoms with Gasteiger partial charge >= 0.3 is 0 Å². The largest absolute Gasteiger partial charge is 0.493 e. The smallest absolute Gasteiger partial charge is 0.283 e. The van der Waals surface area contributed by atoms with Crippen LogP contribution in [0.3, 0.4) is 0 Å². The van der Waals surface area contributed by atoms with Gasteiger partial charge in [0.1, 0.15) is 5.75 Å². The van der Waals surface area contributed by atoms with Crippen LogP contribution in [0.15, 0.2) is 64.2 Å². The summed E-state index contributed by atoms with van der Waals surface area (Å²) in [6.45, 7) is 0.695. The van der Waals surface area contributed by atoms with Crippen LogP contribution in [0.5, 0.6) is 17.2 Å². The van der Waals surface area contributed by atoms with Crippen molar-refractivity contribution >= 4 is 50.9 Å². The maximum absolute atomic E-state index is 12.5. The molecule has 1 amide bonds. The molecule has 0 atom stereocenters.